The number of anilines is 1. The number of nitrogens with one attached hydrogen (secondary N) is 2. The fourth-order valence-corrected chi connectivity index (χ4v) is 8.26. The van der Waals surface area contributed by atoms with Crippen LogP contribution in [0.5, 0.6) is 0 Å². The first-order valence-electron chi connectivity index (χ1n) is 15.7. The molecule has 266 valence electrons. The molecule has 11 nitrogen and oxygen atoms in total. The SMILES string of the molecule is Cc1nc2nc(C(Cc3cc(F)cc(F)c3)NC(=O)Cn3nc(C(F)F)c4c3CCC4)c(-c3ccc(Cl)c4c(NS(C)(=O)=O)nn(C)c34)cc2s1. The molecule has 7 rings (SSSR count). The number of hydrogen-bond donors (Lipinski definition) is 2. The van der Waals surface area contributed by atoms with Gasteiger partial charge < -0.3 is 5.32 Å². The quantitative estimate of drug-likeness (QED) is 0.151. The number of benzene rings is 2. The van der Waals surface area contributed by atoms with Crippen molar-refractivity contribution < 1.29 is 30.8 Å². The number of nitrogens with zero attached hydrogens (tertiary/aromatic N) is 6. The molecule has 1 atom stereocenters. The first-order valence-corrected chi connectivity index (χ1v) is 18.8. The number of pyridine rings is 1. The molecule has 18 heteroatoms. The number of thiazole rings is 1. The van der Waals surface area contributed by atoms with Crippen molar-refractivity contribution in [1.29, 1.82) is 0 Å². The van der Waals surface area contributed by atoms with Gasteiger partial charge in [0.15, 0.2) is 11.5 Å². The van der Waals surface area contributed by atoms with Crippen LogP contribution in [0.3, 0.4) is 0 Å². The van der Waals surface area contributed by atoms with E-state index in [2.05, 4.69) is 25.2 Å². The summed E-state index contributed by atoms with van der Waals surface area (Å²) in [6.07, 6.45) is -0.344. The summed E-state index contributed by atoms with van der Waals surface area (Å²) in [4.78, 5) is 23.2. The average Bonchev–Trinajstić information content (AvgIpc) is 3.79. The van der Waals surface area contributed by atoms with Gasteiger partial charge in [0.1, 0.15) is 23.9 Å². The van der Waals surface area contributed by atoms with Gasteiger partial charge in [0.25, 0.3) is 6.43 Å². The Balaban J connectivity index is 1.39. The van der Waals surface area contributed by atoms with Gasteiger partial charge in [-0.1, -0.05) is 17.7 Å². The molecule has 1 aliphatic rings. The molecule has 0 radical (unpaired) electrons. The number of fused-ring (bicyclic) bond motifs is 3. The molecular formula is C33H29ClF4N8O3S2. The summed E-state index contributed by atoms with van der Waals surface area (Å²) in [5.74, 6) is -2.24. The third-order valence-electron chi connectivity index (χ3n) is 8.59. The van der Waals surface area contributed by atoms with Crippen LogP contribution in [0.2, 0.25) is 5.02 Å². The molecular weight excluding hydrogens is 732 g/mol. The first kappa shape index (κ1) is 34.8. The third-order valence-corrected chi connectivity index (χ3v) is 10.4. The van der Waals surface area contributed by atoms with Crippen molar-refractivity contribution in [3.63, 3.8) is 0 Å². The van der Waals surface area contributed by atoms with Crippen LogP contribution in [0, 0.1) is 18.6 Å². The molecule has 4 heterocycles. The number of aryl methyl sites for hydroxylation is 2. The molecule has 0 saturated heterocycles. The van der Waals surface area contributed by atoms with Crippen molar-refractivity contribution in [2.45, 2.75) is 51.6 Å². The maximum Gasteiger partial charge on any atom is 0.282 e. The van der Waals surface area contributed by atoms with E-state index in [0.29, 0.717) is 67.9 Å². The number of sulfonamides is 1. The lowest BCUT2D eigenvalue weighted by Crippen LogP contribution is -2.34. The summed E-state index contributed by atoms with van der Waals surface area (Å²) >= 11 is 7.99. The van der Waals surface area contributed by atoms with E-state index in [1.807, 2.05) is 6.07 Å². The fourth-order valence-electron chi connectivity index (χ4n) is 6.71. The Hall–Kier alpha value is -4.61. The zero-order chi connectivity index (χ0) is 36.4. The normalized spacial score (nSPS) is 13.7. The maximum atomic E-state index is 14.5. The number of halogens is 5. The summed E-state index contributed by atoms with van der Waals surface area (Å²) in [5.41, 5.74) is 2.94. The summed E-state index contributed by atoms with van der Waals surface area (Å²) in [6.45, 7) is 1.42. The highest BCUT2D eigenvalue weighted by atomic mass is 35.5. The zero-order valence-electron chi connectivity index (χ0n) is 27.3. The Bertz CT molecular complexity index is 2460. The molecule has 51 heavy (non-hydrogen) atoms. The van der Waals surface area contributed by atoms with E-state index < -0.39 is 40.0 Å². The lowest BCUT2D eigenvalue weighted by molar-refractivity contribution is -0.122. The summed E-state index contributed by atoms with van der Waals surface area (Å²) < 4.78 is 86.8. The molecule has 2 N–H and O–H groups in total. The van der Waals surface area contributed by atoms with Crippen molar-refractivity contribution in [2.75, 3.05) is 11.0 Å². The van der Waals surface area contributed by atoms with Gasteiger partial charge in [0.05, 0.1) is 43.6 Å². The number of rotatable bonds is 10. The number of carbonyl (C=O) groups excluding carboxylic acids is 1. The highest BCUT2D eigenvalue weighted by Crippen LogP contribution is 2.41. The summed E-state index contributed by atoms with van der Waals surface area (Å²) in [5, 5.41) is 12.6. The second-order valence-corrected chi connectivity index (χ2v) is 15.8. The average molecular weight is 761 g/mol. The molecule has 1 aliphatic carbocycles. The van der Waals surface area contributed by atoms with Crippen molar-refractivity contribution >= 4 is 65.9 Å². The van der Waals surface area contributed by atoms with E-state index in [9.17, 15) is 30.8 Å². The highest BCUT2D eigenvalue weighted by Gasteiger charge is 2.30. The van der Waals surface area contributed by atoms with Gasteiger partial charge in [0, 0.05) is 35.5 Å². The number of alkyl halides is 2. The molecule has 6 aromatic rings. The van der Waals surface area contributed by atoms with Crippen LogP contribution in [0.4, 0.5) is 23.4 Å². The molecule has 2 aromatic carbocycles. The lowest BCUT2D eigenvalue weighted by Gasteiger charge is -2.22. The third kappa shape index (κ3) is 6.89. The Morgan fingerprint density at radius 1 is 1.04 bits per heavy atom. The van der Waals surface area contributed by atoms with Crippen LogP contribution in [0.25, 0.3) is 32.4 Å². The van der Waals surface area contributed by atoms with E-state index in [-0.39, 0.29) is 40.8 Å². The maximum absolute atomic E-state index is 14.5. The van der Waals surface area contributed by atoms with Gasteiger partial charge in [-0.05, 0) is 62.4 Å². The standard InChI is InChI=1S/C33H29ClF4N8O3S2/c1-15-39-32-25(50-15)13-21(19-7-8-22(34)27-30(19)45(2)43-33(27)44-51(3,48)49)28(41-32)23(11-16-9-17(35)12-18(36)10-16)40-26(47)14-46-24-6-4-5-20(24)29(42-46)31(37)38/h7-10,12-13,23,31H,4-6,11,14H2,1-3H3,(H,40,47)(H,43,44). The minimum absolute atomic E-state index is 0.00100. The predicted molar refractivity (Wildman–Crippen MR) is 185 cm³/mol. The van der Waals surface area contributed by atoms with E-state index in [0.717, 1.165) is 24.5 Å². The van der Waals surface area contributed by atoms with Gasteiger partial charge in [-0.25, -0.2) is 35.9 Å². The smallest absolute Gasteiger partial charge is 0.282 e. The molecule has 0 saturated carbocycles. The van der Waals surface area contributed by atoms with Crippen molar-refractivity contribution in [3.05, 3.63) is 86.3 Å². The topological polar surface area (TPSA) is 137 Å². The number of aromatic nitrogens is 6. The molecule has 4 aromatic heterocycles. The van der Waals surface area contributed by atoms with E-state index in [4.69, 9.17) is 16.6 Å². The Morgan fingerprint density at radius 2 is 1.78 bits per heavy atom. The van der Waals surface area contributed by atoms with E-state index >= 15 is 0 Å². The summed E-state index contributed by atoms with van der Waals surface area (Å²) in [6, 6.07) is 7.10. The Labute approximate surface area is 297 Å². The lowest BCUT2D eigenvalue weighted by atomic mass is 9.94. The van der Waals surface area contributed by atoms with Crippen LogP contribution < -0.4 is 10.0 Å². The molecule has 0 fully saturated rings. The highest BCUT2D eigenvalue weighted by molar-refractivity contribution is 7.92. The first-order chi connectivity index (χ1) is 24.1. The van der Waals surface area contributed by atoms with Gasteiger partial charge in [-0.2, -0.15) is 10.2 Å². The van der Waals surface area contributed by atoms with Crippen LogP contribution in [-0.2, 0) is 47.7 Å². The minimum atomic E-state index is -3.75. The van der Waals surface area contributed by atoms with Crippen molar-refractivity contribution in [1.82, 2.24) is 34.8 Å². The van der Waals surface area contributed by atoms with E-state index in [1.54, 1.807) is 26.1 Å². The molecule has 0 bridgehead atoms. The van der Waals surface area contributed by atoms with Gasteiger partial charge in [0.2, 0.25) is 15.9 Å². The van der Waals surface area contributed by atoms with Crippen molar-refractivity contribution in [3.8, 4) is 11.1 Å². The van der Waals surface area contributed by atoms with Crippen LogP contribution in [-0.4, -0.2) is 50.1 Å². The molecule has 0 aliphatic heterocycles. The molecule has 1 amide bonds. The largest absolute Gasteiger partial charge is 0.346 e. The van der Waals surface area contributed by atoms with Gasteiger partial charge >= 0.3 is 0 Å². The Kier molecular flexibility index (Phi) is 9.00. The van der Waals surface area contributed by atoms with Crippen LogP contribution in [0.1, 0.15) is 52.1 Å². The Morgan fingerprint density at radius 3 is 2.49 bits per heavy atom. The minimum Gasteiger partial charge on any atom is -0.346 e. The second kappa shape index (κ2) is 13.2. The van der Waals surface area contributed by atoms with Crippen LogP contribution >= 0.6 is 22.9 Å². The number of carbonyl (C=O) groups is 1. The molecule has 1 unspecified atom stereocenters. The molecule has 0 spiro atoms. The monoisotopic (exact) mass is 760 g/mol. The number of amides is 1. The summed E-state index contributed by atoms with van der Waals surface area (Å²) in [7, 11) is -2.13. The van der Waals surface area contributed by atoms with E-state index in [1.165, 1.54) is 20.7 Å². The zero-order valence-corrected chi connectivity index (χ0v) is 29.7. The fraction of sp³-hybridized carbons (Fsp3) is 0.303. The van der Waals surface area contributed by atoms with Crippen LogP contribution in [0.15, 0.2) is 36.4 Å². The van der Waals surface area contributed by atoms with Gasteiger partial charge in [-0.15, -0.1) is 11.3 Å². The number of hydrogen-bond acceptors (Lipinski definition) is 8. The van der Waals surface area contributed by atoms with Crippen molar-refractivity contribution in [2.24, 2.45) is 7.05 Å². The second-order valence-electron chi connectivity index (χ2n) is 12.4. The predicted octanol–water partition coefficient (Wildman–Crippen LogP) is 6.58. The van der Waals surface area contributed by atoms with Gasteiger partial charge in [-0.3, -0.25) is 18.9 Å².